The monoisotopic (exact) mass is 149 g/mol. The normalized spacial score (nSPS) is 11.6. The van der Waals surface area contributed by atoms with E-state index < -0.39 is 0 Å². The van der Waals surface area contributed by atoms with Crippen molar-refractivity contribution in [3.63, 3.8) is 0 Å². The van der Waals surface area contributed by atoms with Gasteiger partial charge in [-0.1, -0.05) is 25.3 Å². The highest BCUT2D eigenvalue weighted by molar-refractivity contribution is 5.22. The molecule has 0 aromatic heterocycles. The molecule has 0 heterocycles. The Kier molecular flexibility index (Phi) is 4.91. The van der Waals surface area contributed by atoms with Gasteiger partial charge in [-0.25, -0.2) is 0 Å². The van der Waals surface area contributed by atoms with Crippen LogP contribution >= 0.6 is 0 Å². The van der Waals surface area contributed by atoms with E-state index >= 15 is 0 Å². The van der Waals surface area contributed by atoms with E-state index in [1.807, 2.05) is 37.1 Å². The Morgan fingerprint density at radius 2 is 2.00 bits per heavy atom. The van der Waals surface area contributed by atoms with Gasteiger partial charge in [-0.2, -0.15) is 0 Å². The van der Waals surface area contributed by atoms with E-state index in [4.69, 9.17) is 0 Å². The first-order valence-electron chi connectivity index (χ1n) is 3.57. The molecule has 0 radical (unpaired) electrons. The van der Waals surface area contributed by atoms with Crippen molar-refractivity contribution in [1.82, 2.24) is 4.90 Å². The van der Waals surface area contributed by atoms with Crippen LogP contribution in [0.25, 0.3) is 0 Å². The lowest BCUT2D eigenvalue weighted by molar-refractivity contribution is 0.590. The number of nitrogens with zero attached hydrogens (tertiary/aromatic N) is 1. The molecule has 0 saturated carbocycles. The van der Waals surface area contributed by atoms with Gasteiger partial charge in [-0.3, -0.25) is 0 Å². The minimum absolute atomic E-state index is 1.08. The molecule has 0 N–H and O–H groups in total. The lowest BCUT2D eigenvalue weighted by Crippen LogP contribution is -2.06. The van der Waals surface area contributed by atoms with Crippen LogP contribution in [0.1, 0.15) is 6.92 Å². The zero-order valence-electron chi connectivity index (χ0n) is 7.25. The average molecular weight is 149 g/mol. The van der Waals surface area contributed by atoms with Crippen LogP contribution in [0.15, 0.2) is 49.4 Å². The van der Waals surface area contributed by atoms with Gasteiger partial charge in [0.15, 0.2) is 0 Å². The van der Waals surface area contributed by atoms with Gasteiger partial charge in [0.1, 0.15) is 0 Å². The maximum atomic E-state index is 3.66. The van der Waals surface area contributed by atoms with Gasteiger partial charge in [0.25, 0.3) is 0 Å². The standard InChI is InChI=1S/C10H15N/c1-5-8-10(9-6-2)11(4)7-3/h5-9H,1,3H2,2,4H3/b9-6-,10-8+. The molecule has 0 aliphatic rings. The van der Waals surface area contributed by atoms with Gasteiger partial charge in [-0.15, -0.1) is 0 Å². The Hall–Kier alpha value is -1.24. The molecule has 0 aliphatic carbocycles. The first-order valence-corrected chi connectivity index (χ1v) is 3.57. The van der Waals surface area contributed by atoms with Crippen LogP contribution in [-0.4, -0.2) is 11.9 Å². The molecule has 0 aliphatic heterocycles. The van der Waals surface area contributed by atoms with Crippen molar-refractivity contribution >= 4 is 0 Å². The van der Waals surface area contributed by atoms with Crippen molar-refractivity contribution in [2.45, 2.75) is 6.92 Å². The number of rotatable bonds is 4. The van der Waals surface area contributed by atoms with Crippen molar-refractivity contribution in [3.05, 3.63) is 49.4 Å². The van der Waals surface area contributed by atoms with Crippen LogP contribution in [0, 0.1) is 0 Å². The molecule has 0 saturated heterocycles. The summed E-state index contributed by atoms with van der Waals surface area (Å²) >= 11 is 0. The Morgan fingerprint density at radius 1 is 1.36 bits per heavy atom. The summed E-state index contributed by atoms with van der Waals surface area (Å²) in [6.07, 6.45) is 9.44. The van der Waals surface area contributed by atoms with Crippen LogP contribution in [0.5, 0.6) is 0 Å². The largest absolute Gasteiger partial charge is 0.352 e. The molecule has 0 spiro atoms. The lowest BCUT2D eigenvalue weighted by atomic mass is 10.3. The smallest absolute Gasteiger partial charge is 0.0399 e. The van der Waals surface area contributed by atoms with Gasteiger partial charge < -0.3 is 4.90 Å². The molecule has 0 atom stereocenters. The van der Waals surface area contributed by atoms with Gasteiger partial charge >= 0.3 is 0 Å². The zero-order valence-corrected chi connectivity index (χ0v) is 7.25. The van der Waals surface area contributed by atoms with Crippen molar-refractivity contribution in [1.29, 1.82) is 0 Å². The fraction of sp³-hybridized carbons (Fsp3) is 0.200. The van der Waals surface area contributed by atoms with Crippen molar-refractivity contribution in [2.24, 2.45) is 0 Å². The van der Waals surface area contributed by atoms with Crippen LogP contribution < -0.4 is 0 Å². The molecule has 1 heteroatoms. The van der Waals surface area contributed by atoms with E-state index in [1.165, 1.54) is 0 Å². The quantitative estimate of drug-likeness (QED) is 0.555. The van der Waals surface area contributed by atoms with E-state index in [9.17, 15) is 0 Å². The Morgan fingerprint density at radius 3 is 2.36 bits per heavy atom. The molecule has 0 aromatic rings. The number of hydrogen-bond acceptors (Lipinski definition) is 1. The second-order valence-corrected chi connectivity index (χ2v) is 2.12. The summed E-state index contributed by atoms with van der Waals surface area (Å²) in [6.45, 7) is 9.27. The minimum atomic E-state index is 1.08. The summed E-state index contributed by atoms with van der Waals surface area (Å²) in [5, 5.41) is 0. The zero-order chi connectivity index (χ0) is 8.69. The topological polar surface area (TPSA) is 3.24 Å². The maximum Gasteiger partial charge on any atom is 0.0399 e. The molecule has 0 amide bonds. The molecule has 0 fully saturated rings. The third-order valence-electron chi connectivity index (χ3n) is 1.31. The molecule has 1 nitrogen and oxygen atoms in total. The summed E-state index contributed by atoms with van der Waals surface area (Å²) in [7, 11) is 1.95. The second kappa shape index (κ2) is 5.54. The summed E-state index contributed by atoms with van der Waals surface area (Å²) in [6, 6.07) is 0. The van der Waals surface area contributed by atoms with E-state index in [2.05, 4.69) is 13.2 Å². The molecular weight excluding hydrogens is 134 g/mol. The van der Waals surface area contributed by atoms with Crippen LogP contribution in [-0.2, 0) is 0 Å². The van der Waals surface area contributed by atoms with Gasteiger partial charge in [0.2, 0.25) is 0 Å². The number of likely N-dealkylation sites (N-methyl/N-ethyl adjacent to an activating group) is 1. The second-order valence-electron chi connectivity index (χ2n) is 2.12. The number of allylic oxidation sites excluding steroid dienone is 4. The van der Waals surface area contributed by atoms with E-state index in [1.54, 1.807) is 12.3 Å². The van der Waals surface area contributed by atoms with Gasteiger partial charge in [0, 0.05) is 12.7 Å². The molecule has 0 aromatic carbocycles. The van der Waals surface area contributed by atoms with E-state index in [-0.39, 0.29) is 0 Å². The van der Waals surface area contributed by atoms with Crippen molar-refractivity contribution < 1.29 is 0 Å². The fourth-order valence-electron chi connectivity index (χ4n) is 0.688. The van der Waals surface area contributed by atoms with Gasteiger partial charge in [0.05, 0.1) is 0 Å². The molecule has 0 rings (SSSR count). The SMILES string of the molecule is C=C/C=C(\C=C/C)N(C)C=C. The summed E-state index contributed by atoms with van der Waals surface area (Å²) in [4.78, 5) is 1.93. The third kappa shape index (κ3) is 3.46. The molecule has 60 valence electrons. The Balaban J connectivity index is 4.45. The number of hydrogen-bond donors (Lipinski definition) is 0. The van der Waals surface area contributed by atoms with E-state index in [0.717, 1.165) is 5.70 Å². The van der Waals surface area contributed by atoms with Crippen LogP contribution in [0.3, 0.4) is 0 Å². The first kappa shape index (κ1) is 9.76. The lowest BCUT2D eigenvalue weighted by Gasteiger charge is -2.13. The van der Waals surface area contributed by atoms with Crippen molar-refractivity contribution in [2.75, 3.05) is 7.05 Å². The highest BCUT2D eigenvalue weighted by atomic mass is 15.1. The van der Waals surface area contributed by atoms with Crippen LogP contribution in [0.4, 0.5) is 0 Å². The van der Waals surface area contributed by atoms with Crippen LogP contribution in [0.2, 0.25) is 0 Å². The van der Waals surface area contributed by atoms with E-state index in [0.29, 0.717) is 0 Å². The fourth-order valence-corrected chi connectivity index (χ4v) is 0.688. The molecular formula is C10H15N. The predicted molar refractivity (Wildman–Crippen MR) is 51.1 cm³/mol. The van der Waals surface area contributed by atoms with Crippen molar-refractivity contribution in [3.8, 4) is 0 Å². The maximum absolute atomic E-state index is 3.66. The summed E-state index contributed by atoms with van der Waals surface area (Å²) < 4.78 is 0. The summed E-state index contributed by atoms with van der Waals surface area (Å²) in [5.41, 5.74) is 1.08. The average Bonchev–Trinajstić information content (AvgIpc) is 2.03. The highest BCUT2D eigenvalue weighted by Gasteiger charge is 1.91. The Bertz CT molecular complexity index is 187. The molecule has 11 heavy (non-hydrogen) atoms. The first-order chi connectivity index (χ1) is 5.26. The molecule has 0 bridgehead atoms. The third-order valence-corrected chi connectivity index (χ3v) is 1.31. The van der Waals surface area contributed by atoms with Gasteiger partial charge in [-0.05, 0) is 25.3 Å². The predicted octanol–water partition coefficient (Wildman–Crippen LogP) is 2.71. The minimum Gasteiger partial charge on any atom is -0.352 e. The highest BCUT2D eigenvalue weighted by Crippen LogP contribution is 2.03. The Labute approximate surface area is 69.0 Å². The molecule has 0 unspecified atom stereocenters. The summed E-state index contributed by atoms with van der Waals surface area (Å²) in [5.74, 6) is 0.